The van der Waals surface area contributed by atoms with Gasteiger partial charge in [0.1, 0.15) is 5.75 Å². The first-order valence-electron chi connectivity index (χ1n) is 8.15. The molecule has 4 heteroatoms. The molecule has 2 heterocycles. The number of fused-ring (bicyclic) bond motifs is 1. The van der Waals surface area contributed by atoms with Crippen molar-refractivity contribution >= 4 is 0 Å². The lowest BCUT2D eigenvalue weighted by atomic mass is 9.92. The summed E-state index contributed by atoms with van der Waals surface area (Å²) in [6, 6.07) is 6.63. The third kappa shape index (κ3) is 2.75. The van der Waals surface area contributed by atoms with Crippen LogP contribution in [0.25, 0.3) is 0 Å². The Balaban J connectivity index is 2.00. The highest BCUT2D eigenvalue weighted by Gasteiger charge is 2.31. The van der Waals surface area contributed by atoms with E-state index in [9.17, 15) is 0 Å². The summed E-state index contributed by atoms with van der Waals surface area (Å²) in [5.74, 6) is 0.916. The summed E-state index contributed by atoms with van der Waals surface area (Å²) >= 11 is 0. The number of rotatable bonds is 5. The molecule has 0 aliphatic carbocycles. The van der Waals surface area contributed by atoms with Crippen molar-refractivity contribution in [1.29, 1.82) is 0 Å². The van der Waals surface area contributed by atoms with Crippen LogP contribution in [0, 0.1) is 6.92 Å². The topological polar surface area (TPSA) is 41.2 Å². The van der Waals surface area contributed by atoms with Crippen LogP contribution in [0.1, 0.15) is 48.3 Å². The molecule has 1 N–H and O–H groups in total. The van der Waals surface area contributed by atoms with Gasteiger partial charge in [0.25, 0.3) is 0 Å². The number of nitrogens with zero attached hydrogens (tertiary/aromatic N) is 2. The van der Waals surface area contributed by atoms with Crippen molar-refractivity contribution in [2.24, 2.45) is 0 Å². The molecule has 0 spiro atoms. The van der Waals surface area contributed by atoms with Gasteiger partial charge in [0.15, 0.2) is 0 Å². The summed E-state index contributed by atoms with van der Waals surface area (Å²) in [6.45, 7) is 6.62. The standard InChI is InChI=1S/C18H25N3O/c1-4-5-9-21-10-8-16-17(20-12-19-16)18(21)15-7-6-14(22-3)11-13(15)2/h6-7,11-12,18H,4-5,8-10H2,1-3H3,(H,19,20)/t18-/m1/s1. The third-order valence-corrected chi connectivity index (χ3v) is 4.60. The predicted molar refractivity (Wildman–Crippen MR) is 88.3 cm³/mol. The van der Waals surface area contributed by atoms with Gasteiger partial charge in [0, 0.05) is 18.7 Å². The van der Waals surface area contributed by atoms with E-state index in [-0.39, 0.29) is 6.04 Å². The normalized spacial score (nSPS) is 18.2. The van der Waals surface area contributed by atoms with E-state index in [4.69, 9.17) is 4.74 Å². The van der Waals surface area contributed by atoms with Crippen LogP contribution in [-0.4, -0.2) is 35.1 Å². The monoisotopic (exact) mass is 299 g/mol. The number of aromatic nitrogens is 2. The Hall–Kier alpha value is -1.81. The van der Waals surface area contributed by atoms with Crippen LogP contribution in [0.15, 0.2) is 24.5 Å². The van der Waals surface area contributed by atoms with Gasteiger partial charge in [-0.05, 0) is 43.1 Å². The average Bonchev–Trinajstić information content (AvgIpc) is 3.01. The number of hydrogen-bond acceptors (Lipinski definition) is 3. The van der Waals surface area contributed by atoms with Gasteiger partial charge in [0.2, 0.25) is 0 Å². The van der Waals surface area contributed by atoms with E-state index in [2.05, 4.69) is 46.9 Å². The molecule has 1 aliphatic heterocycles. The molecule has 3 rings (SSSR count). The van der Waals surface area contributed by atoms with Gasteiger partial charge >= 0.3 is 0 Å². The molecular formula is C18H25N3O. The molecule has 1 aromatic heterocycles. The van der Waals surface area contributed by atoms with Crippen molar-refractivity contribution < 1.29 is 4.74 Å². The van der Waals surface area contributed by atoms with E-state index in [0.29, 0.717) is 0 Å². The van der Waals surface area contributed by atoms with Gasteiger partial charge in [-0.25, -0.2) is 4.98 Å². The van der Waals surface area contributed by atoms with E-state index >= 15 is 0 Å². The van der Waals surface area contributed by atoms with E-state index in [0.717, 1.165) is 25.3 Å². The van der Waals surface area contributed by atoms with Gasteiger partial charge in [-0.1, -0.05) is 19.4 Å². The smallest absolute Gasteiger partial charge is 0.119 e. The van der Waals surface area contributed by atoms with Gasteiger partial charge in [0.05, 0.1) is 25.2 Å². The molecule has 22 heavy (non-hydrogen) atoms. The average molecular weight is 299 g/mol. The highest BCUT2D eigenvalue weighted by molar-refractivity contribution is 5.41. The Morgan fingerprint density at radius 3 is 3.00 bits per heavy atom. The van der Waals surface area contributed by atoms with Crippen molar-refractivity contribution in [2.45, 2.75) is 39.2 Å². The number of unbranched alkanes of at least 4 members (excludes halogenated alkanes) is 1. The number of methoxy groups -OCH3 is 1. The molecule has 0 radical (unpaired) electrons. The molecule has 0 bridgehead atoms. The van der Waals surface area contributed by atoms with E-state index in [1.165, 1.54) is 35.4 Å². The van der Waals surface area contributed by atoms with Gasteiger partial charge in [-0.2, -0.15) is 0 Å². The Bertz CT molecular complexity index is 635. The van der Waals surface area contributed by atoms with Crippen molar-refractivity contribution in [1.82, 2.24) is 14.9 Å². The second-order valence-corrected chi connectivity index (χ2v) is 6.03. The molecule has 118 valence electrons. The fraction of sp³-hybridized carbons (Fsp3) is 0.500. The minimum atomic E-state index is 0.257. The zero-order valence-electron chi connectivity index (χ0n) is 13.7. The van der Waals surface area contributed by atoms with Crippen molar-refractivity contribution in [3.8, 4) is 5.75 Å². The quantitative estimate of drug-likeness (QED) is 0.919. The fourth-order valence-electron chi connectivity index (χ4n) is 3.35. The van der Waals surface area contributed by atoms with Gasteiger partial charge in [-0.3, -0.25) is 4.90 Å². The molecule has 0 amide bonds. The second kappa shape index (κ2) is 6.53. The lowest BCUT2D eigenvalue weighted by molar-refractivity contribution is 0.205. The lowest BCUT2D eigenvalue weighted by Gasteiger charge is -2.36. The Morgan fingerprint density at radius 1 is 1.41 bits per heavy atom. The molecule has 0 unspecified atom stereocenters. The van der Waals surface area contributed by atoms with Crippen molar-refractivity contribution in [2.75, 3.05) is 20.2 Å². The summed E-state index contributed by atoms with van der Waals surface area (Å²) in [6.07, 6.45) is 5.34. The Labute approximate surface area is 132 Å². The zero-order chi connectivity index (χ0) is 15.5. The van der Waals surface area contributed by atoms with Crippen LogP contribution in [0.2, 0.25) is 0 Å². The van der Waals surface area contributed by atoms with Crippen LogP contribution in [0.4, 0.5) is 0 Å². The molecule has 2 aromatic rings. The minimum Gasteiger partial charge on any atom is -0.497 e. The van der Waals surface area contributed by atoms with Gasteiger partial charge < -0.3 is 9.72 Å². The first-order valence-corrected chi connectivity index (χ1v) is 8.15. The summed E-state index contributed by atoms with van der Waals surface area (Å²) in [7, 11) is 1.72. The zero-order valence-corrected chi connectivity index (χ0v) is 13.7. The molecule has 1 aromatic carbocycles. The molecular weight excluding hydrogens is 274 g/mol. The summed E-state index contributed by atoms with van der Waals surface area (Å²) < 4.78 is 5.35. The number of H-pyrrole nitrogens is 1. The van der Waals surface area contributed by atoms with Crippen LogP contribution in [0.3, 0.4) is 0 Å². The second-order valence-electron chi connectivity index (χ2n) is 6.03. The third-order valence-electron chi connectivity index (χ3n) is 4.60. The van der Waals surface area contributed by atoms with Crippen LogP contribution >= 0.6 is 0 Å². The maximum absolute atomic E-state index is 5.35. The SMILES string of the molecule is CCCCN1CCc2[nH]cnc2[C@H]1c1ccc(OC)cc1C. The first-order chi connectivity index (χ1) is 10.7. The summed E-state index contributed by atoms with van der Waals surface area (Å²) in [5, 5.41) is 0. The summed E-state index contributed by atoms with van der Waals surface area (Å²) in [4.78, 5) is 10.5. The highest BCUT2D eigenvalue weighted by Crippen LogP contribution is 2.36. The molecule has 0 saturated carbocycles. The molecule has 4 nitrogen and oxygen atoms in total. The number of ether oxygens (including phenoxy) is 1. The van der Waals surface area contributed by atoms with E-state index < -0.39 is 0 Å². The van der Waals surface area contributed by atoms with E-state index in [1.54, 1.807) is 7.11 Å². The van der Waals surface area contributed by atoms with Crippen molar-refractivity contribution in [3.63, 3.8) is 0 Å². The highest BCUT2D eigenvalue weighted by atomic mass is 16.5. The fourth-order valence-corrected chi connectivity index (χ4v) is 3.35. The summed E-state index contributed by atoms with van der Waals surface area (Å²) in [5.41, 5.74) is 5.08. The Kier molecular flexibility index (Phi) is 4.48. The van der Waals surface area contributed by atoms with Crippen molar-refractivity contribution in [3.05, 3.63) is 47.0 Å². The number of nitrogens with one attached hydrogen (secondary N) is 1. The molecule has 1 aliphatic rings. The molecule has 0 fully saturated rings. The predicted octanol–water partition coefficient (Wildman–Crippen LogP) is 3.47. The molecule has 0 saturated heterocycles. The Morgan fingerprint density at radius 2 is 2.27 bits per heavy atom. The molecule has 1 atom stereocenters. The maximum atomic E-state index is 5.35. The van der Waals surface area contributed by atoms with Crippen LogP contribution < -0.4 is 4.74 Å². The number of aryl methyl sites for hydroxylation is 1. The van der Waals surface area contributed by atoms with E-state index in [1.807, 2.05) is 6.33 Å². The number of benzene rings is 1. The first kappa shape index (κ1) is 15.1. The van der Waals surface area contributed by atoms with Gasteiger partial charge in [-0.15, -0.1) is 0 Å². The largest absolute Gasteiger partial charge is 0.497 e. The van der Waals surface area contributed by atoms with Crippen LogP contribution in [0.5, 0.6) is 5.75 Å². The number of hydrogen-bond donors (Lipinski definition) is 1. The van der Waals surface area contributed by atoms with Crippen LogP contribution in [-0.2, 0) is 6.42 Å². The maximum Gasteiger partial charge on any atom is 0.119 e. The minimum absolute atomic E-state index is 0.257. The number of imidazole rings is 1. The lowest BCUT2D eigenvalue weighted by Crippen LogP contribution is -2.37. The number of aromatic amines is 1.